The van der Waals surface area contributed by atoms with Crippen molar-refractivity contribution in [1.29, 1.82) is 0 Å². The maximum atomic E-state index is 12.4. The molecule has 0 saturated carbocycles. The van der Waals surface area contributed by atoms with Gasteiger partial charge in [0.15, 0.2) is 0 Å². The minimum Gasteiger partial charge on any atom is -0.481 e. The second-order valence-corrected chi connectivity index (χ2v) is 6.82. The van der Waals surface area contributed by atoms with Gasteiger partial charge in [-0.05, 0) is 12.1 Å². The van der Waals surface area contributed by atoms with Crippen LogP contribution < -0.4 is 10.1 Å². The number of amides is 1. The van der Waals surface area contributed by atoms with Crippen LogP contribution >= 0.6 is 0 Å². The van der Waals surface area contributed by atoms with Crippen molar-refractivity contribution in [1.82, 2.24) is 14.3 Å². The molecule has 0 fully saturated rings. The standard InChI is InChI=1S/C15H20N4O4S/c1-4-19(5-2)24(21,22)12-8-13(16-10-12)15(20)18-11-6-7-14(23-3)17-9-11/h6-10,16H,4-5H2,1-3H3,(H,18,20). The summed E-state index contributed by atoms with van der Waals surface area (Å²) in [6.45, 7) is 4.25. The van der Waals surface area contributed by atoms with E-state index in [1.807, 2.05) is 0 Å². The summed E-state index contributed by atoms with van der Waals surface area (Å²) in [4.78, 5) is 18.9. The molecule has 24 heavy (non-hydrogen) atoms. The predicted molar refractivity (Wildman–Crippen MR) is 89.6 cm³/mol. The number of ether oxygens (including phenoxy) is 1. The number of anilines is 1. The molecular weight excluding hydrogens is 332 g/mol. The summed E-state index contributed by atoms with van der Waals surface area (Å²) in [6, 6.07) is 4.57. The highest BCUT2D eigenvalue weighted by Gasteiger charge is 2.24. The fourth-order valence-electron chi connectivity index (χ4n) is 2.14. The molecule has 0 atom stereocenters. The fraction of sp³-hybridized carbons (Fsp3) is 0.333. The van der Waals surface area contributed by atoms with E-state index in [9.17, 15) is 13.2 Å². The zero-order chi connectivity index (χ0) is 17.7. The van der Waals surface area contributed by atoms with Crippen molar-refractivity contribution in [3.8, 4) is 5.88 Å². The highest BCUT2D eigenvalue weighted by atomic mass is 32.2. The zero-order valence-corrected chi connectivity index (χ0v) is 14.6. The van der Waals surface area contributed by atoms with Crippen LogP contribution in [0.4, 0.5) is 5.69 Å². The maximum absolute atomic E-state index is 12.4. The van der Waals surface area contributed by atoms with Gasteiger partial charge in [0.25, 0.3) is 5.91 Å². The van der Waals surface area contributed by atoms with Crippen molar-refractivity contribution in [3.05, 3.63) is 36.3 Å². The lowest BCUT2D eigenvalue weighted by molar-refractivity contribution is 0.102. The van der Waals surface area contributed by atoms with Crippen molar-refractivity contribution in [3.63, 3.8) is 0 Å². The second-order valence-electron chi connectivity index (χ2n) is 4.88. The van der Waals surface area contributed by atoms with Crippen LogP contribution in [0.5, 0.6) is 5.88 Å². The number of carbonyl (C=O) groups excluding carboxylic acids is 1. The van der Waals surface area contributed by atoms with E-state index in [0.717, 1.165) is 0 Å². The van der Waals surface area contributed by atoms with Gasteiger partial charge in [-0.3, -0.25) is 4.79 Å². The summed E-state index contributed by atoms with van der Waals surface area (Å²) in [7, 11) is -2.11. The summed E-state index contributed by atoms with van der Waals surface area (Å²) < 4.78 is 31.1. The summed E-state index contributed by atoms with van der Waals surface area (Å²) in [5.41, 5.74) is 0.625. The van der Waals surface area contributed by atoms with Crippen LogP contribution in [0.25, 0.3) is 0 Å². The quantitative estimate of drug-likeness (QED) is 0.789. The summed E-state index contributed by atoms with van der Waals surface area (Å²) in [6.07, 6.45) is 2.77. The topological polar surface area (TPSA) is 104 Å². The van der Waals surface area contributed by atoms with Gasteiger partial charge >= 0.3 is 0 Å². The first kappa shape index (κ1) is 18.0. The highest BCUT2D eigenvalue weighted by Crippen LogP contribution is 2.18. The van der Waals surface area contributed by atoms with Crippen LogP contribution in [0.2, 0.25) is 0 Å². The third-order valence-corrected chi connectivity index (χ3v) is 5.48. The summed E-state index contributed by atoms with van der Waals surface area (Å²) >= 11 is 0. The van der Waals surface area contributed by atoms with Gasteiger partial charge in [0.05, 0.1) is 19.0 Å². The third kappa shape index (κ3) is 3.74. The molecule has 0 aliphatic heterocycles. The second kappa shape index (κ2) is 7.45. The molecule has 0 aromatic carbocycles. The van der Waals surface area contributed by atoms with Gasteiger partial charge in [-0.25, -0.2) is 13.4 Å². The summed E-state index contributed by atoms with van der Waals surface area (Å²) in [5, 5.41) is 2.63. The first-order valence-corrected chi connectivity index (χ1v) is 8.86. The van der Waals surface area contributed by atoms with Gasteiger partial charge in [0.2, 0.25) is 15.9 Å². The maximum Gasteiger partial charge on any atom is 0.272 e. The number of methoxy groups -OCH3 is 1. The fourth-order valence-corrected chi connectivity index (χ4v) is 3.59. The van der Waals surface area contributed by atoms with E-state index in [1.165, 1.54) is 29.9 Å². The zero-order valence-electron chi connectivity index (χ0n) is 13.7. The van der Waals surface area contributed by atoms with Crippen molar-refractivity contribution in [2.75, 3.05) is 25.5 Å². The van der Waals surface area contributed by atoms with Crippen LogP contribution in [-0.2, 0) is 10.0 Å². The normalized spacial score (nSPS) is 11.5. The number of pyridine rings is 1. The van der Waals surface area contributed by atoms with E-state index >= 15 is 0 Å². The Balaban J connectivity index is 2.16. The molecule has 2 aromatic rings. The Bertz CT molecular complexity index is 795. The Hall–Kier alpha value is -2.39. The molecular formula is C15H20N4O4S. The monoisotopic (exact) mass is 352 g/mol. The van der Waals surface area contributed by atoms with E-state index in [4.69, 9.17) is 4.74 Å². The van der Waals surface area contributed by atoms with Crippen LogP contribution in [-0.4, -0.2) is 48.8 Å². The van der Waals surface area contributed by atoms with Gasteiger partial charge in [-0.1, -0.05) is 13.8 Å². The van der Waals surface area contributed by atoms with Crippen molar-refractivity contribution in [2.24, 2.45) is 0 Å². The minimum absolute atomic E-state index is 0.0594. The van der Waals surface area contributed by atoms with Gasteiger partial charge in [0, 0.05) is 25.4 Å². The lowest BCUT2D eigenvalue weighted by Crippen LogP contribution is -2.30. The first-order chi connectivity index (χ1) is 11.4. The van der Waals surface area contributed by atoms with Gasteiger partial charge in [0.1, 0.15) is 10.6 Å². The molecule has 0 radical (unpaired) electrons. The molecule has 130 valence electrons. The molecule has 0 bridgehead atoms. The molecule has 0 spiro atoms. The van der Waals surface area contributed by atoms with Crippen molar-refractivity contribution in [2.45, 2.75) is 18.7 Å². The lowest BCUT2D eigenvalue weighted by Gasteiger charge is -2.16. The number of nitrogens with one attached hydrogen (secondary N) is 2. The van der Waals surface area contributed by atoms with Gasteiger partial charge < -0.3 is 15.0 Å². The van der Waals surface area contributed by atoms with E-state index in [0.29, 0.717) is 24.7 Å². The Morgan fingerprint density at radius 1 is 1.33 bits per heavy atom. The molecule has 8 nitrogen and oxygen atoms in total. The number of nitrogens with zero attached hydrogens (tertiary/aromatic N) is 2. The van der Waals surface area contributed by atoms with E-state index < -0.39 is 15.9 Å². The molecule has 2 aromatic heterocycles. The van der Waals surface area contributed by atoms with Crippen LogP contribution in [0, 0.1) is 0 Å². The molecule has 0 aliphatic rings. The molecule has 0 unspecified atom stereocenters. The SMILES string of the molecule is CCN(CC)S(=O)(=O)c1c[nH]c(C(=O)Nc2ccc(OC)nc2)c1. The number of sulfonamides is 1. The minimum atomic E-state index is -3.60. The largest absolute Gasteiger partial charge is 0.481 e. The van der Waals surface area contributed by atoms with Crippen LogP contribution in [0.1, 0.15) is 24.3 Å². The van der Waals surface area contributed by atoms with Crippen molar-refractivity contribution >= 4 is 21.6 Å². The van der Waals surface area contributed by atoms with Crippen LogP contribution in [0.15, 0.2) is 35.5 Å². The molecule has 0 aliphatic carbocycles. The molecule has 2 rings (SSSR count). The Morgan fingerprint density at radius 3 is 2.58 bits per heavy atom. The summed E-state index contributed by atoms with van der Waals surface area (Å²) in [5.74, 6) is -0.0246. The van der Waals surface area contributed by atoms with E-state index in [1.54, 1.807) is 26.0 Å². The number of carbonyl (C=O) groups is 1. The first-order valence-electron chi connectivity index (χ1n) is 7.42. The molecule has 2 N–H and O–H groups in total. The molecule has 1 amide bonds. The average Bonchev–Trinajstić information content (AvgIpc) is 3.07. The Kier molecular flexibility index (Phi) is 5.58. The predicted octanol–water partition coefficient (Wildman–Crippen LogP) is 1.70. The van der Waals surface area contributed by atoms with E-state index in [2.05, 4.69) is 15.3 Å². The van der Waals surface area contributed by atoms with Gasteiger partial charge in [-0.2, -0.15) is 4.31 Å². The number of rotatable bonds is 7. The average molecular weight is 352 g/mol. The van der Waals surface area contributed by atoms with Crippen LogP contribution in [0.3, 0.4) is 0 Å². The molecule has 2 heterocycles. The number of hydrogen-bond donors (Lipinski definition) is 2. The smallest absolute Gasteiger partial charge is 0.272 e. The number of aromatic nitrogens is 2. The van der Waals surface area contributed by atoms with Gasteiger partial charge in [-0.15, -0.1) is 0 Å². The van der Waals surface area contributed by atoms with E-state index in [-0.39, 0.29) is 10.6 Å². The highest BCUT2D eigenvalue weighted by molar-refractivity contribution is 7.89. The molecule has 9 heteroatoms. The number of aromatic amines is 1. The number of H-pyrrole nitrogens is 1. The van der Waals surface area contributed by atoms with Crippen molar-refractivity contribution < 1.29 is 17.9 Å². The molecule has 0 saturated heterocycles. The third-order valence-electron chi connectivity index (χ3n) is 3.45. The Labute approximate surface area is 140 Å². The number of hydrogen-bond acceptors (Lipinski definition) is 5. The lowest BCUT2D eigenvalue weighted by atomic mass is 10.3. The Morgan fingerprint density at radius 2 is 2.04 bits per heavy atom.